The van der Waals surface area contributed by atoms with Crippen molar-refractivity contribution in [3.63, 3.8) is 0 Å². The summed E-state index contributed by atoms with van der Waals surface area (Å²) in [6, 6.07) is 0. The molecule has 6 nitrogen and oxygen atoms in total. The van der Waals surface area contributed by atoms with E-state index in [0.717, 1.165) is 96.8 Å². The Morgan fingerprint density at radius 1 is 1.07 bits per heavy atom. The van der Waals surface area contributed by atoms with E-state index >= 15 is 0 Å². The number of ether oxygens (including phenoxy) is 3. The van der Waals surface area contributed by atoms with Crippen molar-refractivity contribution >= 4 is 5.96 Å². The maximum absolute atomic E-state index is 6.21. The number of nitrogens with one attached hydrogen (secondary N) is 1. The summed E-state index contributed by atoms with van der Waals surface area (Å²) in [6.45, 7) is 10.3. The minimum absolute atomic E-state index is 0.438. The van der Waals surface area contributed by atoms with Gasteiger partial charge < -0.3 is 24.4 Å². The number of piperidine rings is 1. The molecule has 3 aliphatic rings. The van der Waals surface area contributed by atoms with Crippen molar-refractivity contribution in [3.8, 4) is 0 Å². The van der Waals surface area contributed by atoms with Crippen LogP contribution in [0.2, 0.25) is 0 Å². The number of hydrogen-bond donors (Lipinski definition) is 1. The van der Waals surface area contributed by atoms with Crippen LogP contribution in [0.4, 0.5) is 0 Å². The van der Waals surface area contributed by atoms with Gasteiger partial charge in [-0.2, -0.15) is 0 Å². The Morgan fingerprint density at radius 3 is 2.61 bits per heavy atom. The second-order valence-corrected chi connectivity index (χ2v) is 8.56. The third-order valence-corrected chi connectivity index (χ3v) is 6.20. The minimum atomic E-state index is 0.438. The molecule has 1 aliphatic carbocycles. The van der Waals surface area contributed by atoms with Gasteiger partial charge in [-0.3, -0.25) is 4.99 Å². The van der Waals surface area contributed by atoms with E-state index < -0.39 is 0 Å². The van der Waals surface area contributed by atoms with Gasteiger partial charge in [0.05, 0.1) is 19.3 Å². The lowest BCUT2D eigenvalue weighted by atomic mass is 10.1. The molecule has 3 fully saturated rings. The molecule has 6 heteroatoms. The Bertz CT molecular complexity index is 440. The highest BCUT2D eigenvalue weighted by molar-refractivity contribution is 5.80. The zero-order valence-electron chi connectivity index (χ0n) is 17.9. The van der Waals surface area contributed by atoms with Crippen molar-refractivity contribution in [1.82, 2.24) is 10.2 Å². The predicted molar refractivity (Wildman–Crippen MR) is 113 cm³/mol. The van der Waals surface area contributed by atoms with E-state index in [4.69, 9.17) is 19.2 Å². The van der Waals surface area contributed by atoms with Crippen LogP contribution in [0.25, 0.3) is 0 Å². The second-order valence-electron chi connectivity index (χ2n) is 8.56. The van der Waals surface area contributed by atoms with Crippen LogP contribution in [-0.2, 0) is 14.2 Å². The van der Waals surface area contributed by atoms with Gasteiger partial charge in [0.2, 0.25) is 0 Å². The van der Waals surface area contributed by atoms with Crippen LogP contribution < -0.4 is 5.32 Å². The highest BCUT2D eigenvalue weighted by Crippen LogP contribution is 2.26. The standard InChI is InChI=1S/C22H41N3O3/c1-2-23-22(24-11-5-14-26-16-20-10-15-27-17-20)25-12-8-21(9-13-25)28-18-19-6-3-4-7-19/h19-21H,2-18H2,1H3,(H,23,24). The Kier molecular flexibility index (Phi) is 9.88. The molecule has 0 aromatic heterocycles. The van der Waals surface area contributed by atoms with Crippen molar-refractivity contribution in [2.45, 2.75) is 64.4 Å². The molecule has 0 aromatic carbocycles. The Balaban J connectivity index is 1.29. The van der Waals surface area contributed by atoms with Gasteiger partial charge in [-0.25, -0.2) is 0 Å². The molecule has 0 bridgehead atoms. The highest BCUT2D eigenvalue weighted by atomic mass is 16.5. The number of nitrogens with zero attached hydrogens (tertiary/aromatic N) is 2. The molecule has 1 atom stereocenters. The molecule has 3 rings (SSSR count). The van der Waals surface area contributed by atoms with Crippen LogP contribution in [0.5, 0.6) is 0 Å². The first-order chi connectivity index (χ1) is 13.8. The van der Waals surface area contributed by atoms with E-state index in [1.165, 1.54) is 25.7 Å². The summed E-state index contributed by atoms with van der Waals surface area (Å²) in [6.07, 6.45) is 10.3. The number of likely N-dealkylation sites (tertiary alicyclic amines) is 1. The zero-order chi connectivity index (χ0) is 19.4. The van der Waals surface area contributed by atoms with Crippen LogP contribution >= 0.6 is 0 Å². The van der Waals surface area contributed by atoms with E-state index in [0.29, 0.717) is 12.0 Å². The first-order valence-corrected chi connectivity index (χ1v) is 11.7. The fourth-order valence-electron chi connectivity index (χ4n) is 4.43. The number of aliphatic imine (C=N–C) groups is 1. The van der Waals surface area contributed by atoms with Crippen molar-refractivity contribution in [1.29, 1.82) is 0 Å². The molecule has 1 unspecified atom stereocenters. The Hall–Kier alpha value is -0.850. The fourth-order valence-corrected chi connectivity index (χ4v) is 4.43. The summed E-state index contributed by atoms with van der Waals surface area (Å²) in [4.78, 5) is 7.22. The number of rotatable bonds is 10. The van der Waals surface area contributed by atoms with Gasteiger partial charge in [0, 0.05) is 51.9 Å². The van der Waals surface area contributed by atoms with Crippen LogP contribution in [0.15, 0.2) is 4.99 Å². The normalized spacial score (nSPS) is 25.0. The average molecular weight is 396 g/mol. The molecule has 0 aromatic rings. The molecule has 2 aliphatic heterocycles. The summed E-state index contributed by atoms with van der Waals surface area (Å²) in [5, 5.41) is 3.46. The van der Waals surface area contributed by atoms with Gasteiger partial charge in [0.15, 0.2) is 5.96 Å². The lowest BCUT2D eigenvalue weighted by Gasteiger charge is -2.34. The molecule has 0 amide bonds. The minimum Gasteiger partial charge on any atom is -0.381 e. The summed E-state index contributed by atoms with van der Waals surface area (Å²) in [7, 11) is 0. The van der Waals surface area contributed by atoms with Crippen LogP contribution in [0.1, 0.15) is 58.3 Å². The maximum atomic E-state index is 6.21. The molecular weight excluding hydrogens is 354 g/mol. The Labute approximate surface area is 171 Å². The molecule has 1 saturated carbocycles. The van der Waals surface area contributed by atoms with E-state index in [1.54, 1.807) is 0 Å². The van der Waals surface area contributed by atoms with Gasteiger partial charge in [-0.05, 0) is 51.4 Å². The fraction of sp³-hybridized carbons (Fsp3) is 0.955. The molecule has 28 heavy (non-hydrogen) atoms. The summed E-state index contributed by atoms with van der Waals surface area (Å²) < 4.78 is 17.4. The van der Waals surface area contributed by atoms with Crippen LogP contribution in [-0.4, -0.2) is 76.2 Å². The zero-order valence-corrected chi connectivity index (χ0v) is 17.9. The largest absolute Gasteiger partial charge is 0.381 e. The third kappa shape index (κ3) is 7.53. The molecule has 0 radical (unpaired) electrons. The molecule has 0 spiro atoms. The quantitative estimate of drug-likeness (QED) is 0.350. The maximum Gasteiger partial charge on any atom is 0.193 e. The van der Waals surface area contributed by atoms with Crippen molar-refractivity contribution in [2.24, 2.45) is 16.8 Å². The average Bonchev–Trinajstić information content (AvgIpc) is 3.43. The Morgan fingerprint density at radius 2 is 1.89 bits per heavy atom. The SMILES string of the molecule is CCNC(=NCCCOCC1CCOC1)N1CCC(OCC2CCCC2)CC1. The smallest absolute Gasteiger partial charge is 0.193 e. The number of guanidine groups is 1. The molecule has 2 saturated heterocycles. The first kappa shape index (κ1) is 21.8. The molecule has 162 valence electrons. The molecule has 2 heterocycles. The first-order valence-electron chi connectivity index (χ1n) is 11.7. The number of hydrogen-bond acceptors (Lipinski definition) is 4. The van der Waals surface area contributed by atoms with Gasteiger partial charge >= 0.3 is 0 Å². The van der Waals surface area contributed by atoms with E-state index in [-0.39, 0.29) is 0 Å². The molecule has 1 N–H and O–H groups in total. The van der Waals surface area contributed by atoms with Crippen molar-refractivity contribution in [2.75, 3.05) is 59.2 Å². The summed E-state index contributed by atoms with van der Waals surface area (Å²) in [5.74, 6) is 2.47. The van der Waals surface area contributed by atoms with E-state index in [2.05, 4.69) is 17.1 Å². The lowest BCUT2D eigenvalue weighted by Crippen LogP contribution is -2.47. The van der Waals surface area contributed by atoms with Gasteiger partial charge in [0.25, 0.3) is 0 Å². The van der Waals surface area contributed by atoms with Crippen molar-refractivity contribution in [3.05, 3.63) is 0 Å². The third-order valence-electron chi connectivity index (χ3n) is 6.20. The topological polar surface area (TPSA) is 55.3 Å². The van der Waals surface area contributed by atoms with Gasteiger partial charge in [-0.15, -0.1) is 0 Å². The highest BCUT2D eigenvalue weighted by Gasteiger charge is 2.24. The van der Waals surface area contributed by atoms with Crippen molar-refractivity contribution < 1.29 is 14.2 Å². The van der Waals surface area contributed by atoms with E-state index in [9.17, 15) is 0 Å². The van der Waals surface area contributed by atoms with Gasteiger partial charge in [0.1, 0.15) is 0 Å². The van der Waals surface area contributed by atoms with E-state index in [1.807, 2.05) is 0 Å². The molecular formula is C22H41N3O3. The lowest BCUT2D eigenvalue weighted by molar-refractivity contribution is 0.00101. The monoisotopic (exact) mass is 395 g/mol. The van der Waals surface area contributed by atoms with Crippen LogP contribution in [0.3, 0.4) is 0 Å². The second kappa shape index (κ2) is 12.7. The van der Waals surface area contributed by atoms with Crippen LogP contribution in [0, 0.1) is 11.8 Å². The van der Waals surface area contributed by atoms with Gasteiger partial charge in [-0.1, -0.05) is 12.8 Å². The summed E-state index contributed by atoms with van der Waals surface area (Å²) in [5.41, 5.74) is 0. The summed E-state index contributed by atoms with van der Waals surface area (Å²) >= 11 is 0. The predicted octanol–water partition coefficient (Wildman–Crippen LogP) is 3.07.